The lowest BCUT2D eigenvalue weighted by Gasteiger charge is -2.68. The van der Waals surface area contributed by atoms with Crippen LogP contribution in [0, 0.1) is 29.1 Å². The molecule has 9 heteroatoms. The van der Waals surface area contributed by atoms with E-state index in [0.29, 0.717) is 44.6 Å². The Morgan fingerprint density at radius 2 is 1.47 bits per heavy atom. The minimum Gasteiger partial charge on any atom is -0.390 e. The molecule has 0 aromatic carbocycles. The van der Waals surface area contributed by atoms with Crippen molar-refractivity contribution in [1.82, 2.24) is 4.90 Å². The molecule has 0 aromatic rings. The molecule has 0 amide bonds. The molecular formula is C27H43NO8. The molecule has 3 heterocycles. The molecule has 6 unspecified atom stereocenters. The number of hydrogen-bond acceptors (Lipinski definition) is 9. The number of hydrogen-bond donors (Lipinski definition) is 7. The zero-order valence-electron chi connectivity index (χ0n) is 21.6. The lowest BCUT2D eigenvalue weighted by molar-refractivity contribution is -0.354. The van der Waals surface area contributed by atoms with E-state index in [9.17, 15) is 35.7 Å². The second kappa shape index (κ2) is 6.67. The van der Waals surface area contributed by atoms with Gasteiger partial charge in [-0.15, -0.1) is 0 Å². The van der Waals surface area contributed by atoms with Crippen LogP contribution in [-0.4, -0.2) is 106 Å². The summed E-state index contributed by atoms with van der Waals surface area (Å²) in [6.45, 7) is 6.70. The highest BCUT2D eigenvalue weighted by atomic mass is 16.7. The van der Waals surface area contributed by atoms with Crippen LogP contribution in [0.3, 0.4) is 0 Å². The van der Waals surface area contributed by atoms with E-state index in [1.165, 1.54) is 0 Å². The van der Waals surface area contributed by atoms with Gasteiger partial charge in [-0.05, 0) is 51.4 Å². The van der Waals surface area contributed by atoms with Gasteiger partial charge in [0.2, 0.25) is 0 Å². The summed E-state index contributed by atoms with van der Waals surface area (Å²) in [5.74, 6) is -3.30. The van der Waals surface area contributed by atoms with Crippen molar-refractivity contribution in [3.8, 4) is 0 Å². The SMILES string of the molecule is CC1CC[C@@H]2N(C1)CC1[C@]3(O)CC45O[C@@]6(O)C(CCC4[C@]3(O)C[C@H](O)[C@]1(O)[C@]2(C)O)C5(C)CC[C@@H]6O. The zero-order chi connectivity index (χ0) is 25.9. The van der Waals surface area contributed by atoms with Crippen LogP contribution >= 0.6 is 0 Å². The topological polar surface area (TPSA) is 154 Å². The van der Waals surface area contributed by atoms with Crippen molar-refractivity contribution in [1.29, 1.82) is 0 Å². The van der Waals surface area contributed by atoms with Crippen molar-refractivity contribution in [2.45, 2.75) is 124 Å². The minimum absolute atomic E-state index is 0.0208. The van der Waals surface area contributed by atoms with Gasteiger partial charge in [0.1, 0.15) is 28.5 Å². The first kappa shape index (κ1) is 24.7. The summed E-state index contributed by atoms with van der Waals surface area (Å²) in [6, 6.07) is -0.360. The van der Waals surface area contributed by atoms with Gasteiger partial charge in [-0.3, -0.25) is 4.90 Å². The van der Waals surface area contributed by atoms with Crippen molar-refractivity contribution in [2.24, 2.45) is 29.1 Å². The Morgan fingerprint density at radius 3 is 2.19 bits per heavy atom. The second-order valence-corrected chi connectivity index (χ2v) is 14.3. The third-order valence-corrected chi connectivity index (χ3v) is 13.1. The summed E-state index contributed by atoms with van der Waals surface area (Å²) in [6.07, 6.45) is 0.752. The fourth-order valence-corrected chi connectivity index (χ4v) is 11.3. The molecule has 4 aliphatic carbocycles. The van der Waals surface area contributed by atoms with Gasteiger partial charge in [-0.2, -0.15) is 0 Å². The molecule has 7 aliphatic rings. The van der Waals surface area contributed by atoms with Crippen molar-refractivity contribution in [3.63, 3.8) is 0 Å². The highest BCUT2D eigenvalue weighted by Crippen LogP contribution is 2.78. The Morgan fingerprint density at radius 1 is 0.778 bits per heavy atom. The fraction of sp³-hybridized carbons (Fsp3) is 1.00. The average Bonchev–Trinajstić information content (AvgIpc) is 2.97. The van der Waals surface area contributed by atoms with Crippen molar-refractivity contribution >= 4 is 0 Å². The molecule has 4 bridgehead atoms. The average molecular weight is 510 g/mol. The van der Waals surface area contributed by atoms with E-state index in [1.54, 1.807) is 6.92 Å². The van der Waals surface area contributed by atoms with Crippen LogP contribution in [-0.2, 0) is 4.74 Å². The maximum atomic E-state index is 12.7. The molecule has 7 fully saturated rings. The van der Waals surface area contributed by atoms with Gasteiger partial charge >= 0.3 is 0 Å². The van der Waals surface area contributed by atoms with E-state index in [0.717, 1.165) is 6.42 Å². The van der Waals surface area contributed by atoms with E-state index in [1.807, 2.05) is 6.92 Å². The summed E-state index contributed by atoms with van der Waals surface area (Å²) in [4.78, 5) is 2.12. The van der Waals surface area contributed by atoms with E-state index < -0.39 is 63.3 Å². The molecule has 3 aliphatic heterocycles. The van der Waals surface area contributed by atoms with Gasteiger partial charge in [-0.1, -0.05) is 13.8 Å². The molecule has 7 N–H and O–H groups in total. The maximum absolute atomic E-state index is 12.7. The van der Waals surface area contributed by atoms with E-state index in [-0.39, 0.29) is 31.3 Å². The summed E-state index contributed by atoms with van der Waals surface area (Å²) < 4.78 is 6.52. The van der Waals surface area contributed by atoms with Crippen LogP contribution < -0.4 is 0 Å². The van der Waals surface area contributed by atoms with Crippen LogP contribution in [0.15, 0.2) is 0 Å². The highest BCUT2D eigenvalue weighted by Gasteiger charge is 2.88. The molecule has 4 saturated carbocycles. The van der Waals surface area contributed by atoms with Gasteiger partial charge < -0.3 is 40.5 Å². The summed E-state index contributed by atoms with van der Waals surface area (Å²) in [5.41, 5.74) is -9.07. The lowest BCUT2D eigenvalue weighted by atomic mass is 9.49. The molecule has 7 rings (SSSR count). The summed E-state index contributed by atoms with van der Waals surface area (Å²) >= 11 is 0. The standard InChI is InChI=1S/C27H43NO8/c1-14-4-7-18-22(3,31)26(34)17(12-28(18)11-14)24(33)13-25-16(23(24,32)10-20(26)30)6-5-15-21(25,2)9-8-19(29)27(15,35)36-25/h14-20,29-35H,4-13H2,1-3H3/t14?,15?,16?,17?,18-,19-,20-,21?,22+,23+,24+,25?,26-,27-/m0/s1. The molecule has 0 aromatic heterocycles. The number of nitrogens with zero attached hydrogens (tertiary/aromatic N) is 1. The number of piperidine rings is 2. The van der Waals surface area contributed by atoms with Crippen LogP contribution in [0.25, 0.3) is 0 Å². The number of fused-ring (bicyclic) bond motifs is 5. The van der Waals surface area contributed by atoms with E-state index >= 15 is 0 Å². The van der Waals surface area contributed by atoms with Crippen LogP contribution in [0.1, 0.15) is 72.1 Å². The first-order valence-electron chi connectivity index (χ1n) is 14.0. The first-order chi connectivity index (χ1) is 16.6. The third-order valence-electron chi connectivity index (χ3n) is 13.1. The molecular weight excluding hydrogens is 466 g/mol. The monoisotopic (exact) mass is 509 g/mol. The molecule has 14 atom stereocenters. The number of aliphatic hydroxyl groups is 7. The molecule has 36 heavy (non-hydrogen) atoms. The lowest BCUT2D eigenvalue weighted by Crippen LogP contribution is -2.85. The Bertz CT molecular complexity index is 995. The first-order valence-corrected chi connectivity index (χ1v) is 14.0. The minimum atomic E-state index is -2.02. The Kier molecular flexibility index (Phi) is 4.57. The molecule has 3 saturated heterocycles. The number of ether oxygens (including phenoxy) is 1. The largest absolute Gasteiger partial charge is 0.390 e. The number of aliphatic hydroxyl groups excluding tert-OH is 2. The predicted molar refractivity (Wildman–Crippen MR) is 126 cm³/mol. The van der Waals surface area contributed by atoms with E-state index in [2.05, 4.69) is 11.8 Å². The predicted octanol–water partition coefficient (Wildman–Crippen LogP) is -0.526. The van der Waals surface area contributed by atoms with Crippen molar-refractivity contribution in [3.05, 3.63) is 0 Å². The van der Waals surface area contributed by atoms with Crippen molar-refractivity contribution in [2.75, 3.05) is 13.1 Å². The summed E-state index contributed by atoms with van der Waals surface area (Å²) in [5, 5.41) is 83.2. The zero-order valence-corrected chi connectivity index (χ0v) is 21.6. The van der Waals surface area contributed by atoms with Gasteiger partial charge in [0.15, 0.2) is 5.79 Å². The second-order valence-electron chi connectivity index (χ2n) is 14.3. The number of rotatable bonds is 0. The van der Waals surface area contributed by atoms with E-state index in [4.69, 9.17) is 4.74 Å². The van der Waals surface area contributed by atoms with Gasteiger partial charge in [0, 0.05) is 55.1 Å². The molecule has 9 nitrogen and oxygen atoms in total. The van der Waals surface area contributed by atoms with Crippen LogP contribution in [0.5, 0.6) is 0 Å². The van der Waals surface area contributed by atoms with Gasteiger partial charge in [0.05, 0.1) is 11.7 Å². The van der Waals surface area contributed by atoms with Gasteiger partial charge in [0.25, 0.3) is 0 Å². The smallest absolute Gasteiger partial charge is 0.196 e. The molecule has 204 valence electrons. The third kappa shape index (κ3) is 2.27. The molecule has 0 radical (unpaired) electrons. The quantitative estimate of drug-likeness (QED) is 0.228. The highest BCUT2D eigenvalue weighted by molar-refractivity contribution is 5.37. The Labute approximate surface area is 212 Å². The Hall–Kier alpha value is -0.360. The normalized spacial score (nSPS) is 68.0. The summed E-state index contributed by atoms with van der Waals surface area (Å²) in [7, 11) is 0. The molecule has 1 spiro atoms. The Balaban J connectivity index is 1.39. The fourth-order valence-electron chi connectivity index (χ4n) is 11.3. The van der Waals surface area contributed by atoms with Crippen molar-refractivity contribution < 1.29 is 40.5 Å². The van der Waals surface area contributed by atoms with Crippen LogP contribution in [0.2, 0.25) is 0 Å². The van der Waals surface area contributed by atoms with Gasteiger partial charge in [-0.25, -0.2) is 0 Å². The maximum Gasteiger partial charge on any atom is 0.196 e. The van der Waals surface area contributed by atoms with Crippen LogP contribution in [0.4, 0.5) is 0 Å².